The molecule has 0 unspecified atom stereocenters. The van der Waals surface area contributed by atoms with Gasteiger partial charge in [-0.05, 0) is 49.9 Å². The molecule has 1 saturated heterocycles. The lowest BCUT2D eigenvalue weighted by Gasteiger charge is -2.34. The van der Waals surface area contributed by atoms with Crippen molar-refractivity contribution in [3.63, 3.8) is 0 Å². The molecule has 2 aromatic carbocycles. The Labute approximate surface area is 188 Å². The molecule has 0 spiro atoms. The van der Waals surface area contributed by atoms with E-state index in [0.717, 1.165) is 44.5 Å². The Kier molecular flexibility index (Phi) is 9.63. The third-order valence-electron chi connectivity index (χ3n) is 4.97. The van der Waals surface area contributed by atoms with Gasteiger partial charge in [-0.1, -0.05) is 24.3 Å². The van der Waals surface area contributed by atoms with Gasteiger partial charge in [0, 0.05) is 44.0 Å². The fraction of sp³-hybridized carbons (Fsp3) is 0.409. The van der Waals surface area contributed by atoms with Crippen molar-refractivity contribution in [2.75, 3.05) is 31.1 Å². The van der Waals surface area contributed by atoms with Crippen LogP contribution in [0.25, 0.3) is 0 Å². The maximum Gasteiger partial charge on any atom is 0.191 e. The van der Waals surface area contributed by atoms with Gasteiger partial charge in [0.1, 0.15) is 11.6 Å². The Bertz CT molecular complexity index is 778. The van der Waals surface area contributed by atoms with Crippen LogP contribution in [0.4, 0.5) is 14.5 Å². The number of nitrogens with zero attached hydrogens (tertiary/aromatic N) is 2. The predicted octanol–water partition coefficient (Wildman–Crippen LogP) is 4.35. The number of anilines is 1. The minimum Gasteiger partial charge on any atom is -0.371 e. The third kappa shape index (κ3) is 7.13. The maximum absolute atomic E-state index is 13.7. The molecule has 1 aliphatic heterocycles. The molecule has 0 saturated carbocycles. The van der Waals surface area contributed by atoms with Gasteiger partial charge in [-0.25, -0.2) is 8.78 Å². The zero-order valence-electron chi connectivity index (χ0n) is 16.7. The molecule has 1 aliphatic rings. The number of halogens is 3. The monoisotopic (exact) mass is 514 g/mol. The molecule has 1 fully saturated rings. The number of benzene rings is 2. The molecule has 7 heteroatoms. The first kappa shape index (κ1) is 23.4. The molecule has 2 N–H and O–H groups in total. The fourth-order valence-electron chi connectivity index (χ4n) is 3.45. The molecule has 3 rings (SSSR count). The minimum atomic E-state index is -0.554. The van der Waals surface area contributed by atoms with Crippen molar-refractivity contribution in [3.8, 4) is 0 Å². The Balaban J connectivity index is 0.00000300. The lowest BCUT2D eigenvalue weighted by Crippen LogP contribution is -2.48. The van der Waals surface area contributed by atoms with Gasteiger partial charge in [0.05, 0.1) is 0 Å². The summed E-state index contributed by atoms with van der Waals surface area (Å²) in [5.74, 6) is -0.314. The number of piperidine rings is 1. The predicted molar refractivity (Wildman–Crippen MR) is 126 cm³/mol. The molecule has 0 aliphatic carbocycles. The van der Waals surface area contributed by atoms with Gasteiger partial charge >= 0.3 is 0 Å². The van der Waals surface area contributed by atoms with Crippen LogP contribution < -0.4 is 15.5 Å². The van der Waals surface area contributed by atoms with E-state index in [-0.39, 0.29) is 24.0 Å². The average molecular weight is 514 g/mol. The van der Waals surface area contributed by atoms with Gasteiger partial charge < -0.3 is 15.5 Å². The van der Waals surface area contributed by atoms with E-state index in [9.17, 15) is 8.78 Å². The summed E-state index contributed by atoms with van der Waals surface area (Å²) in [6.45, 7) is 5.24. The number of nitrogens with one attached hydrogen (secondary N) is 2. The summed E-state index contributed by atoms with van der Waals surface area (Å²) < 4.78 is 26.8. The van der Waals surface area contributed by atoms with E-state index in [1.807, 2.05) is 13.0 Å². The van der Waals surface area contributed by atoms with Gasteiger partial charge in [-0.2, -0.15) is 0 Å². The molecule has 2 aromatic rings. The highest BCUT2D eigenvalue weighted by Crippen LogP contribution is 2.19. The second-order valence-corrected chi connectivity index (χ2v) is 6.99. The topological polar surface area (TPSA) is 39.7 Å². The zero-order valence-corrected chi connectivity index (χ0v) is 19.0. The molecule has 0 aromatic heterocycles. The molecular weight excluding hydrogens is 485 g/mol. The Morgan fingerprint density at radius 1 is 1.10 bits per heavy atom. The molecule has 29 heavy (non-hydrogen) atoms. The van der Waals surface area contributed by atoms with Gasteiger partial charge in [-0.15, -0.1) is 24.0 Å². The summed E-state index contributed by atoms with van der Waals surface area (Å²) in [4.78, 5) is 6.97. The van der Waals surface area contributed by atoms with Crippen molar-refractivity contribution < 1.29 is 8.78 Å². The molecule has 0 bridgehead atoms. The number of guanidine groups is 1. The van der Waals surface area contributed by atoms with Crippen molar-refractivity contribution in [2.24, 2.45) is 4.99 Å². The first-order valence-electron chi connectivity index (χ1n) is 9.94. The Morgan fingerprint density at radius 2 is 1.83 bits per heavy atom. The molecule has 158 valence electrons. The van der Waals surface area contributed by atoms with E-state index in [0.29, 0.717) is 24.6 Å². The molecule has 0 atom stereocenters. The van der Waals surface area contributed by atoms with Crippen LogP contribution in [0.1, 0.15) is 25.3 Å². The summed E-state index contributed by atoms with van der Waals surface area (Å²) >= 11 is 0. The van der Waals surface area contributed by atoms with E-state index in [1.165, 1.54) is 17.8 Å². The zero-order chi connectivity index (χ0) is 19.8. The van der Waals surface area contributed by atoms with Crippen molar-refractivity contribution in [3.05, 3.63) is 65.7 Å². The summed E-state index contributed by atoms with van der Waals surface area (Å²) in [6, 6.07) is 14.5. The van der Waals surface area contributed by atoms with Crippen molar-refractivity contribution in [2.45, 2.75) is 32.2 Å². The van der Waals surface area contributed by atoms with Gasteiger partial charge in [-0.3, -0.25) is 4.99 Å². The number of hydrogen-bond acceptors (Lipinski definition) is 2. The van der Waals surface area contributed by atoms with E-state index in [1.54, 1.807) is 0 Å². The number of para-hydroxylation sites is 1. The first-order chi connectivity index (χ1) is 13.7. The van der Waals surface area contributed by atoms with Crippen LogP contribution in [0.15, 0.2) is 53.5 Å². The van der Waals surface area contributed by atoms with Crippen LogP contribution in [0.5, 0.6) is 0 Å². The summed E-state index contributed by atoms with van der Waals surface area (Å²) in [6.07, 6.45) is 2.51. The first-order valence-corrected chi connectivity index (χ1v) is 9.94. The fourth-order valence-corrected chi connectivity index (χ4v) is 3.45. The van der Waals surface area contributed by atoms with Crippen LogP contribution in [0.3, 0.4) is 0 Å². The lowest BCUT2D eigenvalue weighted by atomic mass is 10.0. The molecule has 1 heterocycles. The molecular formula is C22H29F2IN4. The highest BCUT2D eigenvalue weighted by molar-refractivity contribution is 14.0. The smallest absolute Gasteiger partial charge is 0.191 e. The summed E-state index contributed by atoms with van der Waals surface area (Å²) in [5.41, 5.74) is 1.75. The number of hydrogen-bond donors (Lipinski definition) is 2. The highest BCUT2D eigenvalue weighted by Gasteiger charge is 2.20. The largest absolute Gasteiger partial charge is 0.371 e. The van der Waals surface area contributed by atoms with Crippen molar-refractivity contribution >= 4 is 35.6 Å². The second kappa shape index (κ2) is 11.9. The van der Waals surface area contributed by atoms with Crippen LogP contribution in [0.2, 0.25) is 0 Å². The third-order valence-corrected chi connectivity index (χ3v) is 4.97. The van der Waals surface area contributed by atoms with Crippen LogP contribution in [-0.4, -0.2) is 38.2 Å². The SMILES string of the molecule is CCNC(=NCCc1ccc(F)cc1F)NC1CCN(c2ccccc2)CC1.I. The number of rotatable bonds is 6. The van der Waals surface area contributed by atoms with Gasteiger partial charge in [0.2, 0.25) is 0 Å². The van der Waals surface area contributed by atoms with E-state index >= 15 is 0 Å². The average Bonchev–Trinajstić information content (AvgIpc) is 2.71. The lowest BCUT2D eigenvalue weighted by molar-refractivity contribution is 0.461. The summed E-state index contributed by atoms with van der Waals surface area (Å²) in [5, 5.41) is 6.75. The van der Waals surface area contributed by atoms with Crippen molar-refractivity contribution in [1.29, 1.82) is 0 Å². The molecule has 0 radical (unpaired) electrons. The van der Waals surface area contributed by atoms with Crippen molar-refractivity contribution in [1.82, 2.24) is 10.6 Å². The maximum atomic E-state index is 13.7. The van der Waals surface area contributed by atoms with Gasteiger partial charge in [0.25, 0.3) is 0 Å². The van der Waals surface area contributed by atoms with Crippen LogP contribution in [-0.2, 0) is 6.42 Å². The van der Waals surface area contributed by atoms with Crippen LogP contribution in [0, 0.1) is 11.6 Å². The molecule has 0 amide bonds. The van der Waals surface area contributed by atoms with E-state index in [2.05, 4.69) is 44.8 Å². The molecule has 4 nitrogen and oxygen atoms in total. The van der Waals surface area contributed by atoms with Crippen LogP contribution >= 0.6 is 24.0 Å². The second-order valence-electron chi connectivity index (χ2n) is 6.99. The normalized spacial score (nSPS) is 15.0. The Morgan fingerprint density at radius 3 is 2.48 bits per heavy atom. The van der Waals surface area contributed by atoms with Gasteiger partial charge in [0.15, 0.2) is 5.96 Å². The highest BCUT2D eigenvalue weighted by atomic mass is 127. The number of aliphatic imine (C=N–C) groups is 1. The minimum absolute atomic E-state index is 0. The summed E-state index contributed by atoms with van der Waals surface area (Å²) in [7, 11) is 0. The standard InChI is InChI=1S/C22H28F2N4.HI/c1-2-25-22(26-13-10-17-8-9-18(23)16-21(17)24)27-19-11-14-28(15-12-19)20-6-4-3-5-7-20;/h3-9,16,19H,2,10-15H2,1H3,(H2,25,26,27);1H. The van der Waals surface area contributed by atoms with E-state index in [4.69, 9.17) is 0 Å². The van der Waals surface area contributed by atoms with E-state index < -0.39 is 11.6 Å². The quantitative estimate of drug-likeness (QED) is 0.342. The Hall–Kier alpha value is -1.90.